The minimum Gasteiger partial charge on any atom is -0.309 e. The number of pyridine rings is 1. The summed E-state index contributed by atoms with van der Waals surface area (Å²) < 4.78 is 2.35. The van der Waals surface area contributed by atoms with E-state index in [-0.39, 0.29) is 0 Å². The molecule has 0 spiro atoms. The molecule has 0 aliphatic heterocycles. The van der Waals surface area contributed by atoms with Gasteiger partial charge in [-0.05, 0) is 100 Å². The molecule has 7 aromatic carbocycles. The minimum atomic E-state index is 0.686. The molecule has 3 heterocycles. The molecule has 10 rings (SSSR count). The Labute approximate surface area is 319 Å². The molecule has 0 radical (unpaired) electrons. The van der Waals surface area contributed by atoms with Gasteiger partial charge in [-0.25, -0.2) is 9.97 Å². The van der Waals surface area contributed by atoms with Crippen LogP contribution < -0.4 is 0 Å². The van der Waals surface area contributed by atoms with Crippen molar-refractivity contribution in [1.29, 1.82) is 0 Å². The Kier molecular flexibility index (Phi) is 8.12. The second-order valence-corrected chi connectivity index (χ2v) is 13.7. The molecule has 0 saturated carbocycles. The van der Waals surface area contributed by atoms with Crippen molar-refractivity contribution in [3.8, 4) is 73.0 Å². The number of rotatable bonds is 7. The summed E-state index contributed by atoms with van der Waals surface area (Å²) in [5, 5.41) is 2.43. The number of hydrogen-bond acceptors (Lipinski definition) is 3. The highest BCUT2D eigenvalue weighted by Gasteiger charge is 2.16. The normalized spacial score (nSPS) is 11.3. The summed E-state index contributed by atoms with van der Waals surface area (Å²) in [5.41, 5.74) is 15.0. The van der Waals surface area contributed by atoms with Gasteiger partial charge in [0.05, 0.1) is 22.4 Å². The lowest BCUT2D eigenvalue weighted by molar-refractivity contribution is 1.18. The number of benzene rings is 7. The van der Waals surface area contributed by atoms with Gasteiger partial charge < -0.3 is 4.57 Å². The van der Waals surface area contributed by atoms with Crippen LogP contribution in [0, 0.1) is 0 Å². The molecule has 4 heteroatoms. The van der Waals surface area contributed by atoms with Crippen LogP contribution in [0.2, 0.25) is 0 Å². The molecule has 0 atom stereocenters. The highest BCUT2D eigenvalue weighted by Crippen LogP contribution is 2.38. The van der Waals surface area contributed by atoms with Crippen LogP contribution >= 0.6 is 0 Å². The first-order chi connectivity index (χ1) is 27.2. The molecule has 0 N–H and O–H groups in total. The van der Waals surface area contributed by atoms with Gasteiger partial charge in [0.25, 0.3) is 0 Å². The molecule has 258 valence electrons. The first kappa shape index (κ1) is 32.2. The number of fused-ring (bicyclic) bond motifs is 3. The number of hydrogen-bond donors (Lipinski definition) is 0. The van der Waals surface area contributed by atoms with E-state index >= 15 is 0 Å². The second-order valence-electron chi connectivity index (χ2n) is 13.7. The highest BCUT2D eigenvalue weighted by molar-refractivity contribution is 6.10. The first-order valence-electron chi connectivity index (χ1n) is 18.5. The molecule has 10 aromatic rings. The third-order valence-electron chi connectivity index (χ3n) is 10.3. The van der Waals surface area contributed by atoms with Gasteiger partial charge in [-0.2, -0.15) is 0 Å². The molecule has 0 aliphatic carbocycles. The molecule has 0 saturated heterocycles. The zero-order valence-electron chi connectivity index (χ0n) is 29.9. The van der Waals surface area contributed by atoms with Gasteiger partial charge in [0.15, 0.2) is 5.82 Å². The molecule has 3 aromatic heterocycles. The van der Waals surface area contributed by atoms with E-state index in [1.165, 1.54) is 32.9 Å². The zero-order valence-corrected chi connectivity index (χ0v) is 29.9. The lowest BCUT2D eigenvalue weighted by Gasteiger charge is -2.14. The van der Waals surface area contributed by atoms with Crippen molar-refractivity contribution in [2.75, 3.05) is 0 Å². The summed E-state index contributed by atoms with van der Waals surface area (Å²) in [6.07, 6.45) is 3.70. The van der Waals surface area contributed by atoms with E-state index in [4.69, 9.17) is 9.97 Å². The van der Waals surface area contributed by atoms with Crippen molar-refractivity contribution in [1.82, 2.24) is 19.5 Å². The topological polar surface area (TPSA) is 43.6 Å². The Balaban J connectivity index is 1.15. The van der Waals surface area contributed by atoms with Crippen molar-refractivity contribution >= 4 is 21.8 Å². The third kappa shape index (κ3) is 6.16. The Bertz CT molecular complexity index is 2940. The van der Waals surface area contributed by atoms with Crippen molar-refractivity contribution in [3.63, 3.8) is 0 Å². The number of para-hydroxylation sites is 2. The average Bonchev–Trinajstić information content (AvgIpc) is 3.61. The Morgan fingerprint density at radius 2 is 0.818 bits per heavy atom. The summed E-state index contributed by atoms with van der Waals surface area (Å²) in [5.74, 6) is 0.686. The van der Waals surface area contributed by atoms with Crippen molar-refractivity contribution in [2.24, 2.45) is 0 Å². The van der Waals surface area contributed by atoms with Crippen LogP contribution in [-0.4, -0.2) is 19.5 Å². The molecule has 0 unspecified atom stereocenters. The molecule has 4 nitrogen and oxygen atoms in total. The van der Waals surface area contributed by atoms with Gasteiger partial charge in [0.2, 0.25) is 0 Å². The maximum absolute atomic E-state index is 5.24. The van der Waals surface area contributed by atoms with E-state index < -0.39 is 0 Å². The first-order valence-corrected chi connectivity index (χ1v) is 18.5. The Hall–Kier alpha value is -7.43. The SMILES string of the molecule is c1ccc(-c2ccc(-c3cc(-c4cc(-c5ccncc5)cc(-c5ccc6c(c5)c5ccccc5n6-c5ccccc5)c4)nc(-c4ccccc4)n3)cc2)cc1. The van der Waals surface area contributed by atoms with Crippen LogP contribution in [-0.2, 0) is 0 Å². The van der Waals surface area contributed by atoms with Gasteiger partial charge in [0.1, 0.15) is 0 Å². The van der Waals surface area contributed by atoms with Gasteiger partial charge in [-0.15, -0.1) is 0 Å². The molecule has 0 bridgehead atoms. The molecule has 0 amide bonds. The molecule has 55 heavy (non-hydrogen) atoms. The Morgan fingerprint density at radius 3 is 1.55 bits per heavy atom. The van der Waals surface area contributed by atoms with Crippen molar-refractivity contribution in [3.05, 3.63) is 207 Å². The van der Waals surface area contributed by atoms with Crippen molar-refractivity contribution < 1.29 is 0 Å². The lowest BCUT2D eigenvalue weighted by atomic mass is 9.94. The van der Waals surface area contributed by atoms with Gasteiger partial charge in [-0.3, -0.25) is 4.98 Å². The van der Waals surface area contributed by atoms with E-state index in [9.17, 15) is 0 Å². The smallest absolute Gasteiger partial charge is 0.160 e. The number of nitrogens with zero attached hydrogens (tertiary/aromatic N) is 4. The Morgan fingerprint density at radius 1 is 0.309 bits per heavy atom. The van der Waals surface area contributed by atoms with Crippen LogP contribution in [0.5, 0.6) is 0 Å². The predicted molar refractivity (Wildman–Crippen MR) is 227 cm³/mol. The third-order valence-corrected chi connectivity index (χ3v) is 10.3. The molecular weight excluding hydrogens is 669 g/mol. The molecule has 0 aliphatic rings. The summed E-state index contributed by atoms with van der Waals surface area (Å²) in [7, 11) is 0. The van der Waals surface area contributed by atoms with E-state index in [1.807, 2.05) is 36.7 Å². The fourth-order valence-electron chi connectivity index (χ4n) is 7.58. The highest BCUT2D eigenvalue weighted by atomic mass is 15.0. The zero-order chi connectivity index (χ0) is 36.6. The van der Waals surface area contributed by atoms with Crippen LogP contribution in [0.15, 0.2) is 207 Å². The maximum atomic E-state index is 5.24. The fraction of sp³-hybridized carbons (Fsp3) is 0. The van der Waals surface area contributed by atoms with E-state index in [1.54, 1.807) is 0 Å². The standard InChI is InChI=1S/C51H34N4/c1-4-12-35(13-5-1)36-20-22-38(23-21-36)47-34-48(54-51(53-47)39-14-6-2-7-15-39)43-31-41(37-26-28-52-29-27-37)30-42(32-43)40-24-25-50-46(33-40)45-18-10-11-19-49(45)55(50)44-16-8-3-9-17-44/h1-34H. The van der Waals surface area contributed by atoms with Crippen LogP contribution in [0.4, 0.5) is 0 Å². The van der Waals surface area contributed by atoms with Gasteiger partial charge >= 0.3 is 0 Å². The van der Waals surface area contributed by atoms with E-state index in [2.05, 4.69) is 179 Å². The largest absolute Gasteiger partial charge is 0.309 e. The van der Waals surface area contributed by atoms with E-state index in [0.717, 1.165) is 56.0 Å². The average molecular weight is 703 g/mol. The fourth-order valence-corrected chi connectivity index (χ4v) is 7.58. The van der Waals surface area contributed by atoms with Crippen LogP contribution in [0.25, 0.3) is 94.8 Å². The predicted octanol–water partition coefficient (Wildman–Crippen LogP) is 13.0. The molecular formula is C51H34N4. The summed E-state index contributed by atoms with van der Waals surface area (Å²) in [6, 6.07) is 68.5. The van der Waals surface area contributed by atoms with E-state index in [0.29, 0.717) is 5.82 Å². The summed E-state index contributed by atoms with van der Waals surface area (Å²) in [4.78, 5) is 14.7. The number of aromatic nitrogens is 4. The monoisotopic (exact) mass is 702 g/mol. The van der Waals surface area contributed by atoms with Gasteiger partial charge in [-0.1, -0.05) is 127 Å². The second kappa shape index (κ2) is 13.8. The lowest BCUT2D eigenvalue weighted by Crippen LogP contribution is -1.96. The summed E-state index contributed by atoms with van der Waals surface area (Å²) in [6.45, 7) is 0. The van der Waals surface area contributed by atoms with Gasteiger partial charge in [0, 0.05) is 45.5 Å². The van der Waals surface area contributed by atoms with Crippen molar-refractivity contribution in [2.45, 2.75) is 0 Å². The van der Waals surface area contributed by atoms with Crippen LogP contribution in [0.1, 0.15) is 0 Å². The quantitative estimate of drug-likeness (QED) is 0.166. The minimum absolute atomic E-state index is 0.686. The maximum Gasteiger partial charge on any atom is 0.160 e. The van der Waals surface area contributed by atoms with Crippen LogP contribution in [0.3, 0.4) is 0 Å². The summed E-state index contributed by atoms with van der Waals surface area (Å²) >= 11 is 0. The molecule has 0 fully saturated rings.